The van der Waals surface area contributed by atoms with Gasteiger partial charge in [0.1, 0.15) is 18.2 Å². The summed E-state index contributed by atoms with van der Waals surface area (Å²) >= 11 is 1.18. The lowest BCUT2D eigenvalue weighted by atomic mass is 9.95. The zero-order valence-corrected chi connectivity index (χ0v) is 27.1. The molecule has 1 aliphatic rings. The molecule has 12 heteroatoms. The van der Waals surface area contributed by atoms with Crippen LogP contribution >= 0.6 is 11.3 Å². The zero-order valence-electron chi connectivity index (χ0n) is 26.3. The first kappa shape index (κ1) is 33.1. The van der Waals surface area contributed by atoms with Gasteiger partial charge in [0.2, 0.25) is 0 Å². The number of nitrogens with zero attached hydrogens (tertiary/aromatic N) is 2. The highest BCUT2D eigenvalue weighted by Crippen LogP contribution is 2.36. The summed E-state index contributed by atoms with van der Waals surface area (Å²) in [6, 6.07) is 17.6. The first-order valence-electron chi connectivity index (χ1n) is 14.9. The quantitative estimate of drug-likeness (QED) is 0.205. The van der Waals surface area contributed by atoms with Crippen molar-refractivity contribution < 1.29 is 37.7 Å². The Morgan fingerprint density at radius 1 is 0.979 bits per heavy atom. The molecule has 0 saturated carbocycles. The molecule has 0 spiro atoms. The Hall–Kier alpha value is -5.23. The smallest absolute Gasteiger partial charge is 0.343 e. The summed E-state index contributed by atoms with van der Waals surface area (Å²) in [7, 11) is 1.26. The van der Waals surface area contributed by atoms with E-state index in [1.165, 1.54) is 29.1 Å². The van der Waals surface area contributed by atoms with Gasteiger partial charge in [-0.05, 0) is 68.3 Å². The fourth-order valence-corrected chi connectivity index (χ4v) is 6.05. The molecule has 3 aromatic carbocycles. The maximum atomic E-state index is 14.1. The molecule has 0 saturated heterocycles. The van der Waals surface area contributed by atoms with Crippen molar-refractivity contribution >= 4 is 29.4 Å². The monoisotopic (exact) mass is 660 g/mol. The molecular formula is C35H33FN2O8S. The van der Waals surface area contributed by atoms with Crippen LogP contribution in [0.2, 0.25) is 0 Å². The van der Waals surface area contributed by atoms with E-state index in [-0.39, 0.29) is 36.8 Å². The van der Waals surface area contributed by atoms with Gasteiger partial charge in [-0.3, -0.25) is 9.36 Å². The van der Waals surface area contributed by atoms with Gasteiger partial charge in [0.25, 0.3) is 5.56 Å². The average Bonchev–Trinajstić information content (AvgIpc) is 3.36. The van der Waals surface area contributed by atoms with Crippen molar-refractivity contribution in [1.29, 1.82) is 0 Å². The van der Waals surface area contributed by atoms with Crippen LogP contribution in [0, 0.1) is 5.82 Å². The van der Waals surface area contributed by atoms with Gasteiger partial charge in [0.05, 0.1) is 42.2 Å². The minimum Gasteiger partial charge on any atom is -0.490 e. The fourth-order valence-electron chi connectivity index (χ4n) is 5.01. The Bertz CT molecular complexity index is 2020. The summed E-state index contributed by atoms with van der Waals surface area (Å²) in [6.07, 6.45) is 1.72. The van der Waals surface area contributed by atoms with E-state index in [1.54, 1.807) is 81.4 Å². The van der Waals surface area contributed by atoms with E-state index in [0.29, 0.717) is 55.6 Å². The summed E-state index contributed by atoms with van der Waals surface area (Å²) in [5.41, 5.74) is 1.91. The van der Waals surface area contributed by atoms with Gasteiger partial charge in [0, 0.05) is 5.56 Å². The minimum atomic E-state index is -0.892. The van der Waals surface area contributed by atoms with Crippen molar-refractivity contribution in [2.45, 2.75) is 33.4 Å². The number of carbonyl (C=O) groups excluding carboxylic acids is 2. The highest BCUT2D eigenvalue weighted by Gasteiger charge is 2.34. The predicted octanol–water partition coefficient (Wildman–Crippen LogP) is 4.47. The van der Waals surface area contributed by atoms with Crippen LogP contribution in [-0.4, -0.2) is 43.4 Å². The highest BCUT2D eigenvalue weighted by atomic mass is 32.1. The lowest BCUT2D eigenvalue weighted by Crippen LogP contribution is -2.40. The second-order valence-corrected chi connectivity index (χ2v) is 11.3. The molecule has 47 heavy (non-hydrogen) atoms. The third kappa shape index (κ3) is 7.44. The molecule has 0 bridgehead atoms. The standard InChI is InChI=1S/C35H33FN2O8S/c1-5-43-28-18-23(14-15-27(28)46-20-30(39)42-4)32-31(34(41)44-6-2)21(3)37-35-38(32)33(40)29(47-35)17-22-10-9-12-25(16-22)45-19-24-11-7-8-13-26(24)36/h7-18,32H,5-6,19-20H2,1-4H3/b29-17+/t32-/m1/s1. The van der Waals surface area contributed by atoms with E-state index in [2.05, 4.69) is 9.73 Å². The second kappa shape index (κ2) is 14.9. The SMILES string of the molecule is CCOC(=O)C1=C(C)N=c2s/c(=C/c3cccc(OCc4ccccc4F)c3)c(=O)n2[C@@H]1c1ccc(OCC(=O)OC)c(OCC)c1. The number of aromatic nitrogens is 1. The second-order valence-electron chi connectivity index (χ2n) is 10.3. The molecule has 0 radical (unpaired) electrons. The van der Waals surface area contributed by atoms with Crippen LogP contribution in [0.15, 0.2) is 87.8 Å². The number of benzene rings is 3. The minimum absolute atomic E-state index is 0.0461. The zero-order chi connectivity index (χ0) is 33.5. The van der Waals surface area contributed by atoms with E-state index in [0.717, 1.165) is 0 Å². The molecule has 1 aliphatic heterocycles. The van der Waals surface area contributed by atoms with Gasteiger partial charge in [-0.2, -0.15) is 0 Å². The van der Waals surface area contributed by atoms with Crippen LogP contribution in [-0.2, 0) is 25.7 Å². The van der Waals surface area contributed by atoms with Gasteiger partial charge >= 0.3 is 11.9 Å². The predicted molar refractivity (Wildman–Crippen MR) is 173 cm³/mol. The number of carbonyl (C=O) groups is 2. The van der Waals surface area contributed by atoms with Crippen LogP contribution in [0.5, 0.6) is 17.2 Å². The molecule has 1 atom stereocenters. The number of halogens is 1. The molecule has 4 aromatic rings. The topological polar surface area (TPSA) is 115 Å². The van der Waals surface area contributed by atoms with Gasteiger partial charge in [-0.1, -0.05) is 47.7 Å². The lowest BCUT2D eigenvalue weighted by molar-refractivity contribution is -0.143. The van der Waals surface area contributed by atoms with Gasteiger partial charge in [0.15, 0.2) is 22.9 Å². The van der Waals surface area contributed by atoms with Crippen LogP contribution in [0.1, 0.15) is 43.5 Å². The lowest BCUT2D eigenvalue weighted by Gasteiger charge is -2.25. The molecule has 0 amide bonds. The van der Waals surface area contributed by atoms with Crippen molar-refractivity contribution in [1.82, 2.24) is 4.57 Å². The largest absolute Gasteiger partial charge is 0.490 e. The molecule has 244 valence electrons. The third-order valence-electron chi connectivity index (χ3n) is 7.18. The van der Waals surface area contributed by atoms with E-state index >= 15 is 0 Å². The molecule has 5 rings (SSSR count). The number of hydrogen-bond acceptors (Lipinski definition) is 10. The molecule has 2 heterocycles. The normalized spacial score (nSPS) is 14.2. The first-order valence-corrected chi connectivity index (χ1v) is 15.7. The van der Waals surface area contributed by atoms with Gasteiger partial charge < -0.3 is 23.7 Å². The van der Waals surface area contributed by atoms with Gasteiger partial charge in [-0.25, -0.2) is 19.0 Å². The Labute approximate surface area is 274 Å². The Kier molecular flexibility index (Phi) is 10.5. The van der Waals surface area contributed by atoms with Crippen molar-refractivity contribution in [3.05, 3.63) is 120 Å². The first-order chi connectivity index (χ1) is 22.7. The average molecular weight is 661 g/mol. The van der Waals surface area contributed by atoms with Crippen LogP contribution < -0.4 is 29.1 Å². The number of rotatable bonds is 12. The van der Waals surface area contributed by atoms with E-state index in [1.807, 2.05) is 6.07 Å². The Morgan fingerprint density at radius 3 is 2.53 bits per heavy atom. The summed E-state index contributed by atoms with van der Waals surface area (Å²) in [4.78, 5) is 44.1. The number of thiazole rings is 1. The highest BCUT2D eigenvalue weighted by molar-refractivity contribution is 7.07. The molecular weight excluding hydrogens is 627 g/mol. The van der Waals surface area contributed by atoms with Crippen molar-refractivity contribution in [3.8, 4) is 17.2 Å². The molecule has 10 nitrogen and oxygen atoms in total. The van der Waals surface area contributed by atoms with Crippen molar-refractivity contribution in [2.24, 2.45) is 4.99 Å². The van der Waals surface area contributed by atoms with E-state index in [4.69, 9.17) is 18.9 Å². The fraction of sp³-hybridized carbons (Fsp3) is 0.257. The van der Waals surface area contributed by atoms with E-state index in [9.17, 15) is 18.8 Å². The summed E-state index contributed by atoms with van der Waals surface area (Å²) < 4.78 is 43.3. The summed E-state index contributed by atoms with van der Waals surface area (Å²) in [5.74, 6) is -0.393. The number of methoxy groups -OCH3 is 1. The summed E-state index contributed by atoms with van der Waals surface area (Å²) in [6.45, 7) is 5.35. The maximum Gasteiger partial charge on any atom is 0.343 e. The Morgan fingerprint density at radius 2 is 1.79 bits per heavy atom. The molecule has 1 aromatic heterocycles. The number of esters is 2. The molecule has 0 fully saturated rings. The number of hydrogen-bond donors (Lipinski definition) is 0. The molecule has 0 N–H and O–H groups in total. The number of fused-ring (bicyclic) bond motifs is 1. The van der Waals surface area contributed by atoms with Crippen LogP contribution in [0.3, 0.4) is 0 Å². The Balaban J connectivity index is 1.56. The third-order valence-corrected chi connectivity index (χ3v) is 8.16. The number of allylic oxidation sites excluding steroid dienone is 1. The molecule has 0 unspecified atom stereocenters. The molecule has 0 aliphatic carbocycles. The van der Waals surface area contributed by atoms with E-state index < -0.39 is 18.0 Å². The summed E-state index contributed by atoms with van der Waals surface area (Å²) in [5, 5.41) is 0. The van der Waals surface area contributed by atoms with Crippen LogP contribution in [0.4, 0.5) is 4.39 Å². The van der Waals surface area contributed by atoms with Crippen molar-refractivity contribution in [3.63, 3.8) is 0 Å². The van der Waals surface area contributed by atoms with Crippen LogP contribution in [0.25, 0.3) is 6.08 Å². The van der Waals surface area contributed by atoms with Crippen molar-refractivity contribution in [2.75, 3.05) is 26.9 Å². The number of ether oxygens (including phenoxy) is 5. The van der Waals surface area contributed by atoms with Gasteiger partial charge in [-0.15, -0.1) is 0 Å². The maximum absolute atomic E-state index is 14.1.